The molecule has 2 aromatic carbocycles. The number of hydrogen-bond donors (Lipinski definition) is 1. The monoisotopic (exact) mass is 407 g/mol. The van der Waals surface area contributed by atoms with Crippen molar-refractivity contribution in [3.63, 3.8) is 0 Å². The van der Waals surface area contributed by atoms with Crippen molar-refractivity contribution < 1.29 is 27.4 Å². The predicted molar refractivity (Wildman–Crippen MR) is 103 cm³/mol. The Morgan fingerprint density at radius 1 is 1.03 bits per heavy atom. The fourth-order valence-electron chi connectivity index (χ4n) is 3.54. The van der Waals surface area contributed by atoms with Gasteiger partial charge < -0.3 is 9.84 Å². The summed E-state index contributed by atoms with van der Waals surface area (Å²) in [4.78, 5) is 3.57. The number of ether oxygens (including phenoxy) is 1. The summed E-state index contributed by atoms with van der Waals surface area (Å²) in [5, 5.41) is 10.6. The van der Waals surface area contributed by atoms with Gasteiger partial charge in [-0.1, -0.05) is 44.1 Å². The zero-order valence-corrected chi connectivity index (χ0v) is 15.7. The first-order valence-electron chi connectivity index (χ1n) is 9.41. The van der Waals surface area contributed by atoms with Crippen molar-refractivity contribution in [2.45, 2.75) is 38.0 Å². The van der Waals surface area contributed by atoms with Crippen molar-refractivity contribution in [3.8, 4) is 11.5 Å². The zero-order valence-electron chi connectivity index (χ0n) is 15.7. The number of benzene rings is 2. The van der Waals surface area contributed by atoms with Crippen LogP contribution in [-0.4, -0.2) is 17.9 Å². The molecule has 2 aromatic rings. The number of aliphatic imine (C=N–C) groups is 1. The summed E-state index contributed by atoms with van der Waals surface area (Å²) in [7, 11) is 0. The highest BCUT2D eigenvalue weighted by molar-refractivity contribution is 5.86. The molecule has 0 aliphatic heterocycles. The van der Waals surface area contributed by atoms with Gasteiger partial charge in [0.05, 0.1) is 0 Å². The summed E-state index contributed by atoms with van der Waals surface area (Å²) in [5.74, 6) is -7.74. The Balaban J connectivity index is 1.95. The number of aromatic hydroxyl groups is 1. The number of rotatable bonds is 6. The molecule has 0 atom stereocenters. The Bertz CT molecular complexity index is 908. The number of nitrogens with zero attached hydrogens (tertiary/aromatic N) is 1. The molecule has 1 saturated carbocycles. The van der Waals surface area contributed by atoms with Crippen LogP contribution in [0.3, 0.4) is 0 Å². The lowest BCUT2D eigenvalue weighted by Gasteiger charge is -2.23. The molecule has 0 aromatic heterocycles. The van der Waals surface area contributed by atoms with Gasteiger partial charge in [0.1, 0.15) is 18.0 Å². The number of hydrogen-bond acceptors (Lipinski definition) is 3. The third-order valence-corrected chi connectivity index (χ3v) is 5.02. The maximum Gasteiger partial charge on any atom is 0.206 e. The normalized spacial score (nSPS) is 15.0. The molecule has 0 spiro atoms. The zero-order chi connectivity index (χ0) is 21.0. The van der Waals surface area contributed by atoms with E-state index in [-0.39, 0.29) is 23.8 Å². The number of phenolic OH excluding ortho intramolecular Hbond substituents is 1. The van der Waals surface area contributed by atoms with Crippen molar-refractivity contribution in [1.82, 2.24) is 0 Å². The lowest BCUT2D eigenvalue weighted by molar-refractivity contribution is 0.303. The van der Waals surface area contributed by atoms with E-state index in [1.807, 2.05) is 0 Å². The molecule has 3 rings (SSSR count). The molecule has 154 valence electrons. The Kier molecular flexibility index (Phi) is 6.56. The van der Waals surface area contributed by atoms with Gasteiger partial charge in [-0.2, -0.15) is 8.78 Å². The smallest absolute Gasteiger partial charge is 0.206 e. The first kappa shape index (κ1) is 20.9. The van der Waals surface area contributed by atoms with E-state index >= 15 is 0 Å². The fourth-order valence-corrected chi connectivity index (χ4v) is 3.54. The Morgan fingerprint density at radius 2 is 1.69 bits per heavy atom. The molecule has 3 nitrogen and oxygen atoms in total. The largest absolute Gasteiger partial charge is 0.507 e. The van der Waals surface area contributed by atoms with Crippen molar-refractivity contribution in [2.24, 2.45) is 4.99 Å². The van der Waals surface area contributed by atoms with Crippen molar-refractivity contribution in [2.75, 3.05) is 6.61 Å². The Morgan fingerprint density at radius 3 is 2.31 bits per heavy atom. The number of para-hydroxylation sites is 1. The van der Waals surface area contributed by atoms with Crippen LogP contribution in [0.2, 0.25) is 0 Å². The minimum Gasteiger partial charge on any atom is -0.507 e. The minimum atomic E-state index is -1.68. The lowest BCUT2D eigenvalue weighted by Crippen LogP contribution is -2.05. The van der Waals surface area contributed by atoms with E-state index in [2.05, 4.69) is 16.3 Å². The summed E-state index contributed by atoms with van der Waals surface area (Å²) in [6, 6.07) is 5.01. The molecule has 0 heterocycles. The topological polar surface area (TPSA) is 41.8 Å². The number of halogens is 4. The van der Waals surface area contributed by atoms with Gasteiger partial charge in [-0.3, -0.25) is 0 Å². The molecular formula is C22H21F4NO2. The van der Waals surface area contributed by atoms with Crippen LogP contribution in [0, 0.1) is 23.3 Å². The highest BCUT2D eigenvalue weighted by Gasteiger charge is 2.26. The molecule has 0 saturated heterocycles. The Labute approximate surface area is 166 Å². The molecule has 1 fully saturated rings. The fraction of sp³-hybridized carbons (Fsp3) is 0.318. The third-order valence-electron chi connectivity index (χ3n) is 5.02. The molecule has 1 aliphatic rings. The summed E-state index contributed by atoms with van der Waals surface area (Å²) in [6.45, 7) is 2.98. The maximum absolute atomic E-state index is 14.2. The van der Waals surface area contributed by atoms with Crippen LogP contribution in [0.25, 0.3) is 0 Å². The van der Waals surface area contributed by atoms with Crippen molar-refractivity contribution in [1.29, 1.82) is 0 Å². The first-order valence-corrected chi connectivity index (χ1v) is 9.41. The van der Waals surface area contributed by atoms with Gasteiger partial charge in [0.2, 0.25) is 11.6 Å². The molecule has 1 N–H and O–H groups in total. The van der Waals surface area contributed by atoms with E-state index in [9.17, 15) is 22.7 Å². The second-order valence-electron chi connectivity index (χ2n) is 6.91. The van der Waals surface area contributed by atoms with E-state index in [1.54, 1.807) is 12.1 Å². The number of phenols is 1. The van der Waals surface area contributed by atoms with Gasteiger partial charge in [-0.05, 0) is 30.4 Å². The van der Waals surface area contributed by atoms with E-state index < -0.39 is 34.7 Å². The summed E-state index contributed by atoms with van der Waals surface area (Å²) in [6.07, 6.45) is 7.35. The first-order chi connectivity index (χ1) is 14.0. The minimum absolute atomic E-state index is 0.0455. The van der Waals surface area contributed by atoms with Crippen LogP contribution >= 0.6 is 0 Å². The summed E-state index contributed by atoms with van der Waals surface area (Å²) in [5.41, 5.74) is -0.187. The molecule has 0 unspecified atom stereocenters. The molecule has 0 bridgehead atoms. The third kappa shape index (κ3) is 4.28. The standard InChI is InChI=1S/C22H21F4NO2/c1-2-11-29-22-18(25)16(23)20(17(24)19(22)26)27-12-14-9-6-10-15(21(14)28)13-7-4-3-5-8-13/h2,6,9-10,12-13,28H,1,3-5,7-8,11H2. The lowest BCUT2D eigenvalue weighted by atomic mass is 9.83. The van der Waals surface area contributed by atoms with Crippen molar-refractivity contribution in [3.05, 3.63) is 65.2 Å². The molecular weight excluding hydrogens is 386 g/mol. The molecule has 29 heavy (non-hydrogen) atoms. The van der Waals surface area contributed by atoms with E-state index in [0.717, 1.165) is 43.9 Å². The van der Waals surface area contributed by atoms with Gasteiger partial charge in [0, 0.05) is 11.8 Å². The van der Waals surface area contributed by atoms with Crippen LogP contribution in [0.4, 0.5) is 23.2 Å². The average Bonchev–Trinajstić information content (AvgIpc) is 2.74. The van der Waals surface area contributed by atoms with Gasteiger partial charge in [0.15, 0.2) is 17.4 Å². The second-order valence-corrected chi connectivity index (χ2v) is 6.91. The molecule has 0 amide bonds. The Hall–Kier alpha value is -2.83. The van der Waals surface area contributed by atoms with Gasteiger partial charge >= 0.3 is 0 Å². The highest BCUT2D eigenvalue weighted by atomic mass is 19.2. The van der Waals surface area contributed by atoms with Crippen LogP contribution in [0.1, 0.15) is 49.1 Å². The summed E-state index contributed by atoms with van der Waals surface area (Å²) >= 11 is 0. The summed E-state index contributed by atoms with van der Waals surface area (Å²) < 4.78 is 61.3. The van der Waals surface area contributed by atoms with Crippen LogP contribution in [-0.2, 0) is 0 Å². The van der Waals surface area contributed by atoms with Gasteiger partial charge in [-0.15, -0.1) is 0 Å². The van der Waals surface area contributed by atoms with E-state index in [1.165, 1.54) is 12.1 Å². The van der Waals surface area contributed by atoms with Crippen LogP contribution in [0.5, 0.6) is 11.5 Å². The van der Waals surface area contributed by atoms with E-state index in [0.29, 0.717) is 0 Å². The van der Waals surface area contributed by atoms with Crippen LogP contribution < -0.4 is 4.74 Å². The molecule has 7 heteroatoms. The SMILES string of the molecule is C=CCOc1c(F)c(F)c(N=Cc2cccc(C3CCCCC3)c2O)c(F)c1F. The van der Waals surface area contributed by atoms with Gasteiger partial charge in [0.25, 0.3) is 0 Å². The predicted octanol–water partition coefficient (Wildman–Crippen LogP) is 6.31. The second kappa shape index (κ2) is 9.11. The highest BCUT2D eigenvalue weighted by Crippen LogP contribution is 2.39. The van der Waals surface area contributed by atoms with Gasteiger partial charge in [-0.25, -0.2) is 13.8 Å². The molecule has 0 radical (unpaired) electrons. The van der Waals surface area contributed by atoms with Crippen LogP contribution in [0.15, 0.2) is 35.8 Å². The quantitative estimate of drug-likeness (QED) is 0.264. The molecule has 1 aliphatic carbocycles. The van der Waals surface area contributed by atoms with Crippen molar-refractivity contribution >= 4 is 11.9 Å². The average molecular weight is 407 g/mol. The van der Waals surface area contributed by atoms with E-state index in [4.69, 9.17) is 0 Å². The maximum atomic E-state index is 14.2.